The first-order valence-corrected chi connectivity index (χ1v) is 34.3. The van der Waals surface area contributed by atoms with Gasteiger partial charge in [0, 0.05) is 19.3 Å². The number of hydrogen-bond donors (Lipinski definition) is 0. The lowest BCUT2D eigenvalue weighted by Gasteiger charge is -2.18. The largest absolute Gasteiger partial charge is 0.462 e. The molecule has 0 fully saturated rings. The van der Waals surface area contributed by atoms with Gasteiger partial charge in [-0.25, -0.2) is 0 Å². The second-order valence-electron chi connectivity index (χ2n) is 22.3. The number of unbranched alkanes of at least 4 members (excludes halogenated alkanes) is 26. The van der Waals surface area contributed by atoms with Crippen molar-refractivity contribution in [1.29, 1.82) is 0 Å². The van der Waals surface area contributed by atoms with Crippen molar-refractivity contribution in [2.24, 2.45) is 0 Å². The van der Waals surface area contributed by atoms with E-state index in [1.54, 1.807) is 0 Å². The van der Waals surface area contributed by atoms with Gasteiger partial charge >= 0.3 is 17.9 Å². The molecule has 1 unspecified atom stereocenters. The van der Waals surface area contributed by atoms with Gasteiger partial charge in [-0.05, 0) is 116 Å². The molecule has 470 valence electrons. The molecule has 1 atom stereocenters. The van der Waals surface area contributed by atoms with Crippen LogP contribution in [0.4, 0.5) is 0 Å². The van der Waals surface area contributed by atoms with E-state index < -0.39 is 6.10 Å². The molecule has 0 heterocycles. The second kappa shape index (κ2) is 69.8. The number of ether oxygens (including phenoxy) is 3. The van der Waals surface area contributed by atoms with Crippen LogP contribution in [0.5, 0.6) is 0 Å². The van der Waals surface area contributed by atoms with E-state index >= 15 is 0 Å². The van der Waals surface area contributed by atoms with Crippen molar-refractivity contribution < 1.29 is 28.6 Å². The minimum atomic E-state index is -0.818. The van der Waals surface area contributed by atoms with Crippen molar-refractivity contribution in [3.63, 3.8) is 0 Å². The van der Waals surface area contributed by atoms with Crippen LogP contribution in [0.1, 0.15) is 303 Å². The highest BCUT2D eigenvalue weighted by atomic mass is 16.6. The molecule has 6 heteroatoms. The molecule has 0 spiro atoms. The molecule has 0 aromatic heterocycles. The first-order valence-electron chi connectivity index (χ1n) is 34.3. The number of carbonyl (C=O) groups excluding carboxylic acids is 3. The summed E-state index contributed by atoms with van der Waals surface area (Å²) in [6.07, 6.45) is 100. The average molecular weight is 1150 g/mol. The molecular formula is C77H126O6. The maximum atomic E-state index is 12.9. The molecule has 0 radical (unpaired) electrons. The SMILES string of the molecule is CC/C=C\C/C=C\C/C=C\C/C=C\C/C=C\C/C=C\C/C=C\CCCC(=O)OC(COC(=O)CCCCCCCCCCC/C=C\C/C=C\C/C=C\C/C=C\C/C=C\CC)COC(=O)CCCCCCCCCCCCCCCCCCC. The summed E-state index contributed by atoms with van der Waals surface area (Å²) in [6, 6.07) is 0. The van der Waals surface area contributed by atoms with Crippen LogP contribution in [-0.2, 0) is 28.6 Å². The molecule has 0 aromatic rings. The lowest BCUT2D eigenvalue weighted by molar-refractivity contribution is -0.167. The summed E-state index contributed by atoms with van der Waals surface area (Å²) in [5.41, 5.74) is 0. The molecule has 0 N–H and O–H groups in total. The van der Waals surface area contributed by atoms with Crippen LogP contribution in [0.15, 0.2) is 146 Å². The molecule has 83 heavy (non-hydrogen) atoms. The predicted octanol–water partition coefficient (Wildman–Crippen LogP) is 23.9. The number of hydrogen-bond acceptors (Lipinski definition) is 6. The van der Waals surface area contributed by atoms with Gasteiger partial charge in [0.15, 0.2) is 6.10 Å². The lowest BCUT2D eigenvalue weighted by Crippen LogP contribution is -2.30. The van der Waals surface area contributed by atoms with E-state index in [-0.39, 0.29) is 37.5 Å². The molecule has 0 aliphatic heterocycles. The highest BCUT2D eigenvalue weighted by Crippen LogP contribution is 2.16. The second-order valence-corrected chi connectivity index (χ2v) is 22.3. The highest BCUT2D eigenvalue weighted by Gasteiger charge is 2.19. The Hall–Kier alpha value is -4.71. The van der Waals surface area contributed by atoms with E-state index in [0.717, 1.165) is 128 Å². The summed E-state index contributed by atoms with van der Waals surface area (Å²) in [6.45, 7) is 6.39. The highest BCUT2D eigenvalue weighted by molar-refractivity contribution is 5.71. The third kappa shape index (κ3) is 68.0. The predicted molar refractivity (Wildman–Crippen MR) is 362 cm³/mol. The molecule has 0 aliphatic carbocycles. The van der Waals surface area contributed by atoms with Crippen LogP contribution >= 0.6 is 0 Å². The van der Waals surface area contributed by atoms with Gasteiger partial charge < -0.3 is 14.2 Å². The zero-order chi connectivity index (χ0) is 59.9. The van der Waals surface area contributed by atoms with Gasteiger partial charge in [-0.2, -0.15) is 0 Å². The fourth-order valence-corrected chi connectivity index (χ4v) is 9.28. The molecule has 6 nitrogen and oxygen atoms in total. The minimum Gasteiger partial charge on any atom is -0.462 e. The fourth-order valence-electron chi connectivity index (χ4n) is 9.28. The first kappa shape index (κ1) is 78.3. The van der Waals surface area contributed by atoms with Crippen molar-refractivity contribution in [3.8, 4) is 0 Å². The van der Waals surface area contributed by atoms with Crippen molar-refractivity contribution in [3.05, 3.63) is 146 Å². The molecule has 0 aliphatic rings. The van der Waals surface area contributed by atoms with E-state index in [2.05, 4.69) is 167 Å². The van der Waals surface area contributed by atoms with Crippen LogP contribution in [0.2, 0.25) is 0 Å². The molecule has 0 saturated heterocycles. The Bertz CT molecular complexity index is 1800. The first-order chi connectivity index (χ1) is 41.0. The average Bonchev–Trinajstić information content (AvgIpc) is 3.49. The smallest absolute Gasteiger partial charge is 0.306 e. The maximum absolute atomic E-state index is 12.9. The van der Waals surface area contributed by atoms with Gasteiger partial charge in [0.25, 0.3) is 0 Å². The topological polar surface area (TPSA) is 78.9 Å². The van der Waals surface area contributed by atoms with Crippen LogP contribution in [0.25, 0.3) is 0 Å². The number of carbonyl (C=O) groups is 3. The van der Waals surface area contributed by atoms with Crippen molar-refractivity contribution in [1.82, 2.24) is 0 Å². The molecule has 0 saturated carbocycles. The van der Waals surface area contributed by atoms with Gasteiger partial charge in [-0.3, -0.25) is 14.4 Å². The van der Waals surface area contributed by atoms with E-state index in [9.17, 15) is 14.4 Å². The van der Waals surface area contributed by atoms with E-state index in [1.165, 1.54) is 128 Å². The van der Waals surface area contributed by atoms with Crippen LogP contribution < -0.4 is 0 Å². The van der Waals surface area contributed by atoms with Gasteiger partial charge in [0.05, 0.1) is 0 Å². The Labute approximate surface area is 512 Å². The monoisotopic (exact) mass is 1150 g/mol. The summed E-state index contributed by atoms with van der Waals surface area (Å²) in [4.78, 5) is 38.4. The van der Waals surface area contributed by atoms with Crippen LogP contribution in [0.3, 0.4) is 0 Å². The lowest BCUT2D eigenvalue weighted by atomic mass is 10.0. The van der Waals surface area contributed by atoms with Gasteiger partial charge in [0.1, 0.15) is 13.2 Å². The Balaban J connectivity index is 4.49. The van der Waals surface area contributed by atoms with Gasteiger partial charge in [-0.1, -0.05) is 314 Å². The van der Waals surface area contributed by atoms with Crippen LogP contribution in [0, 0.1) is 0 Å². The molecule has 0 amide bonds. The Morgan fingerprint density at radius 3 is 0.771 bits per heavy atom. The summed E-state index contributed by atoms with van der Waals surface area (Å²) in [5, 5.41) is 0. The molecule has 0 bridgehead atoms. The summed E-state index contributed by atoms with van der Waals surface area (Å²) < 4.78 is 16.9. The van der Waals surface area contributed by atoms with Crippen molar-refractivity contribution >= 4 is 17.9 Å². The third-order valence-corrected chi connectivity index (χ3v) is 14.3. The van der Waals surface area contributed by atoms with E-state index in [1.807, 2.05) is 0 Å². The quantitative estimate of drug-likeness (QED) is 0.0261. The standard InChI is InChI=1S/C77H126O6/c1-4-7-10-13-16-19-22-25-28-31-33-35-37-38-40-41-43-46-49-52-55-58-61-64-67-70-76(79)82-73-74(72-81-75(78)69-66-63-60-57-54-51-48-45-30-27-24-21-18-15-12-9-6-3)83-77(80)71-68-65-62-59-56-53-50-47-44-42-39-36-34-32-29-26-23-20-17-14-11-8-5-2/h7-8,10-11,16-17,19-20,25-26,28-29,33-36,38,40,42,44,50,53,59,62,74H,4-6,9,12-15,18,21-24,27,30-32,37,39,41,43,45-49,51-52,54-58,60-61,63-73H2,1-3H3/b10-7-,11-8-,19-16-,20-17-,28-25-,29-26-,35-33-,36-34-,40-38-,44-42-,53-50-,62-59-. The normalized spacial score (nSPS) is 13.0. The zero-order valence-electron chi connectivity index (χ0n) is 53.9. The fraction of sp³-hybridized carbons (Fsp3) is 0.649. The van der Waals surface area contributed by atoms with Crippen molar-refractivity contribution in [2.45, 2.75) is 309 Å². The molecule has 0 aromatic carbocycles. The molecule has 0 rings (SSSR count). The summed E-state index contributed by atoms with van der Waals surface area (Å²) >= 11 is 0. The minimum absolute atomic E-state index is 0.105. The third-order valence-electron chi connectivity index (χ3n) is 14.3. The number of allylic oxidation sites excluding steroid dienone is 24. The Morgan fingerprint density at radius 1 is 0.253 bits per heavy atom. The van der Waals surface area contributed by atoms with Crippen LogP contribution in [-0.4, -0.2) is 37.2 Å². The summed E-state index contributed by atoms with van der Waals surface area (Å²) in [7, 11) is 0. The summed E-state index contributed by atoms with van der Waals surface area (Å²) in [5.74, 6) is -0.965. The maximum Gasteiger partial charge on any atom is 0.306 e. The zero-order valence-corrected chi connectivity index (χ0v) is 53.9. The Morgan fingerprint density at radius 2 is 0.482 bits per heavy atom. The van der Waals surface area contributed by atoms with Gasteiger partial charge in [-0.15, -0.1) is 0 Å². The number of esters is 3. The number of rotatable bonds is 61. The van der Waals surface area contributed by atoms with E-state index in [4.69, 9.17) is 14.2 Å². The van der Waals surface area contributed by atoms with Gasteiger partial charge in [0.2, 0.25) is 0 Å². The van der Waals surface area contributed by atoms with E-state index in [0.29, 0.717) is 19.3 Å². The van der Waals surface area contributed by atoms with Crippen molar-refractivity contribution in [2.75, 3.05) is 13.2 Å². The Kier molecular flexibility index (Phi) is 65.8. The molecular weight excluding hydrogens is 1020 g/mol.